The third kappa shape index (κ3) is 1.16. The zero-order chi connectivity index (χ0) is 10.3. The maximum absolute atomic E-state index is 11.6. The first-order valence-corrected chi connectivity index (χ1v) is 4.81. The van der Waals surface area contributed by atoms with Gasteiger partial charge in [0, 0.05) is 6.04 Å². The van der Waals surface area contributed by atoms with Crippen LogP contribution in [0.1, 0.15) is 25.5 Å². The third-order valence-electron chi connectivity index (χ3n) is 2.48. The standard InChI is InChI=1S/C11H14N2O/c1-7(2)13-9-6-4-5-8(3)10(9)11(14)12-13/h4-7H,1-3H3,(H,12,14). The van der Waals surface area contributed by atoms with Crippen LogP contribution >= 0.6 is 0 Å². The molecule has 0 aliphatic rings. The fraction of sp³-hybridized carbons (Fsp3) is 0.364. The molecule has 3 heteroatoms. The average Bonchev–Trinajstić information content (AvgIpc) is 2.45. The molecule has 3 nitrogen and oxygen atoms in total. The summed E-state index contributed by atoms with van der Waals surface area (Å²) >= 11 is 0. The molecule has 1 heterocycles. The summed E-state index contributed by atoms with van der Waals surface area (Å²) in [5, 5.41) is 3.66. The molecule has 0 spiro atoms. The van der Waals surface area contributed by atoms with Gasteiger partial charge in [-0.05, 0) is 32.4 Å². The second kappa shape index (κ2) is 3.01. The minimum atomic E-state index is 0.00630. The highest BCUT2D eigenvalue weighted by Gasteiger charge is 2.09. The van der Waals surface area contributed by atoms with Crippen molar-refractivity contribution in [3.63, 3.8) is 0 Å². The van der Waals surface area contributed by atoms with Crippen LogP contribution < -0.4 is 5.56 Å². The normalized spacial score (nSPS) is 11.4. The number of aryl methyl sites for hydroxylation is 1. The van der Waals surface area contributed by atoms with E-state index in [-0.39, 0.29) is 11.6 Å². The van der Waals surface area contributed by atoms with Gasteiger partial charge in [-0.15, -0.1) is 0 Å². The molecule has 0 atom stereocenters. The Balaban J connectivity index is 2.91. The van der Waals surface area contributed by atoms with Crippen molar-refractivity contribution in [2.45, 2.75) is 26.8 Å². The van der Waals surface area contributed by atoms with Crippen LogP contribution in [0.4, 0.5) is 0 Å². The van der Waals surface area contributed by atoms with Crippen molar-refractivity contribution in [3.8, 4) is 0 Å². The largest absolute Gasteiger partial charge is 0.282 e. The van der Waals surface area contributed by atoms with Crippen LogP contribution in [0.5, 0.6) is 0 Å². The molecule has 0 fully saturated rings. The molecule has 2 rings (SSSR count). The number of fused-ring (bicyclic) bond motifs is 1. The summed E-state index contributed by atoms with van der Waals surface area (Å²) in [4.78, 5) is 11.6. The molecule has 0 saturated carbocycles. The first-order valence-electron chi connectivity index (χ1n) is 4.81. The van der Waals surface area contributed by atoms with Gasteiger partial charge in [0.25, 0.3) is 5.56 Å². The molecular formula is C11H14N2O. The van der Waals surface area contributed by atoms with Crippen LogP contribution in [0, 0.1) is 6.92 Å². The smallest absolute Gasteiger partial charge is 0.272 e. The number of rotatable bonds is 1. The lowest BCUT2D eigenvalue weighted by atomic mass is 10.1. The number of benzene rings is 1. The predicted octanol–water partition coefficient (Wildman–Crippen LogP) is 2.22. The van der Waals surface area contributed by atoms with Gasteiger partial charge in [0.05, 0.1) is 10.9 Å². The summed E-state index contributed by atoms with van der Waals surface area (Å²) in [5.41, 5.74) is 2.03. The van der Waals surface area contributed by atoms with E-state index < -0.39 is 0 Å². The number of hydrogen-bond donors (Lipinski definition) is 1. The van der Waals surface area contributed by atoms with Gasteiger partial charge in [-0.2, -0.15) is 0 Å². The highest BCUT2D eigenvalue weighted by atomic mass is 16.1. The Morgan fingerprint density at radius 3 is 2.71 bits per heavy atom. The Hall–Kier alpha value is -1.51. The van der Waals surface area contributed by atoms with Crippen LogP contribution in [0.3, 0.4) is 0 Å². The number of aromatic nitrogens is 2. The average molecular weight is 190 g/mol. The lowest BCUT2D eigenvalue weighted by molar-refractivity contribution is 0.546. The van der Waals surface area contributed by atoms with E-state index in [1.165, 1.54) is 0 Å². The van der Waals surface area contributed by atoms with E-state index >= 15 is 0 Å². The van der Waals surface area contributed by atoms with E-state index in [9.17, 15) is 4.79 Å². The summed E-state index contributed by atoms with van der Waals surface area (Å²) in [6.07, 6.45) is 0. The second-order valence-corrected chi connectivity index (χ2v) is 3.87. The fourth-order valence-corrected chi connectivity index (χ4v) is 1.78. The minimum absolute atomic E-state index is 0.00630. The molecule has 14 heavy (non-hydrogen) atoms. The van der Waals surface area contributed by atoms with E-state index in [0.29, 0.717) is 0 Å². The number of nitrogens with one attached hydrogen (secondary N) is 1. The molecule has 0 aliphatic carbocycles. The predicted molar refractivity (Wildman–Crippen MR) is 57.7 cm³/mol. The highest BCUT2D eigenvalue weighted by molar-refractivity contribution is 5.81. The Morgan fingerprint density at radius 1 is 1.36 bits per heavy atom. The Kier molecular flexibility index (Phi) is 1.95. The Bertz CT molecular complexity index is 520. The van der Waals surface area contributed by atoms with E-state index in [0.717, 1.165) is 16.5 Å². The van der Waals surface area contributed by atoms with Crippen molar-refractivity contribution in [2.24, 2.45) is 0 Å². The van der Waals surface area contributed by atoms with Crippen molar-refractivity contribution in [3.05, 3.63) is 34.1 Å². The lowest BCUT2D eigenvalue weighted by Crippen LogP contribution is -2.07. The monoisotopic (exact) mass is 190 g/mol. The molecule has 0 amide bonds. The van der Waals surface area contributed by atoms with E-state index in [2.05, 4.69) is 18.9 Å². The van der Waals surface area contributed by atoms with E-state index in [1.54, 1.807) is 0 Å². The Labute approximate surface area is 82.3 Å². The summed E-state index contributed by atoms with van der Waals surface area (Å²) in [6.45, 7) is 6.07. The van der Waals surface area contributed by atoms with E-state index in [1.807, 2.05) is 29.8 Å². The number of H-pyrrole nitrogens is 1. The first-order chi connectivity index (χ1) is 6.61. The zero-order valence-electron chi connectivity index (χ0n) is 8.66. The molecule has 0 aliphatic heterocycles. The Morgan fingerprint density at radius 2 is 2.07 bits per heavy atom. The number of hydrogen-bond acceptors (Lipinski definition) is 1. The maximum atomic E-state index is 11.6. The quantitative estimate of drug-likeness (QED) is 0.735. The van der Waals surface area contributed by atoms with Gasteiger partial charge in [0.1, 0.15) is 0 Å². The van der Waals surface area contributed by atoms with Gasteiger partial charge in [-0.3, -0.25) is 14.6 Å². The van der Waals surface area contributed by atoms with Crippen LogP contribution in [-0.4, -0.2) is 9.78 Å². The molecule has 2 aromatic rings. The molecular weight excluding hydrogens is 176 g/mol. The van der Waals surface area contributed by atoms with Crippen LogP contribution in [0.15, 0.2) is 23.0 Å². The number of aromatic amines is 1. The third-order valence-corrected chi connectivity index (χ3v) is 2.48. The van der Waals surface area contributed by atoms with Gasteiger partial charge >= 0.3 is 0 Å². The van der Waals surface area contributed by atoms with Crippen LogP contribution in [-0.2, 0) is 0 Å². The van der Waals surface area contributed by atoms with Crippen molar-refractivity contribution in [1.29, 1.82) is 0 Å². The van der Waals surface area contributed by atoms with Gasteiger partial charge < -0.3 is 0 Å². The summed E-state index contributed by atoms with van der Waals surface area (Å²) in [7, 11) is 0. The molecule has 1 aromatic heterocycles. The lowest BCUT2D eigenvalue weighted by Gasteiger charge is -2.07. The minimum Gasteiger partial charge on any atom is -0.282 e. The second-order valence-electron chi connectivity index (χ2n) is 3.87. The topological polar surface area (TPSA) is 37.8 Å². The molecule has 1 N–H and O–H groups in total. The SMILES string of the molecule is Cc1cccc2c1c(=O)[nH]n2C(C)C. The maximum Gasteiger partial charge on any atom is 0.272 e. The molecule has 1 aromatic carbocycles. The van der Waals surface area contributed by atoms with Crippen LogP contribution in [0.2, 0.25) is 0 Å². The molecule has 74 valence electrons. The molecule has 0 bridgehead atoms. The van der Waals surface area contributed by atoms with Crippen molar-refractivity contribution >= 4 is 10.9 Å². The van der Waals surface area contributed by atoms with Gasteiger partial charge in [0.2, 0.25) is 0 Å². The summed E-state index contributed by atoms with van der Waals surface area (Å²) < 4.78 is 1.91. The zero-order valence-corrected chi connectivity index (χ0v) is 8.66. The molecule has 0 unspecified atom stereocenters. The first kappa shape index (κ1) is 9.06. The van der Waals surface area contributed by atoms with Crippen molar-refractivity contribution < 1.29 is 0 Å². The van der Waals surface area contributed by atoms with E-state index in [4.69, 9.17) is 0 Å². The van der Waals surface area contributed by atoms with Gasteiger partial charge in [-0.1, -0.05) is 12.1 Å². The molecule has 0 radical (unpaired) electrons. The highest BCUT2D eigenvalue weighted by Crippen LogP contribution is 2.16. The number of nitrogens with zero attached hydrogens (tertiary/aromatic N) is 1. The fourth-order valence-electron chi connectivity index (χ4n) is 1.78. The van der Waals surface area contributed by atoms with Gasteiger partial charge in [0.15, 0.2) is 0 Å². The summed E-state index contributed by atoms with van der Waals surface area (Å²) in [5.74, 6) is 0. The van der Waals surface area contributed by atoms with Crippen molar-refractivity contribution in [1.82, 2.24) is 9.78 Å². The van der Waals surface area contributed by atoms with Crippen LogP contribution in [0.25, 0.3) is 10.9 Å². The van der Waals surface area contributed by atoms with Gasteiger partial charge in [-0.25, -0.2) is 0 Å². The molecule has 0 saturated heterocycles. The van der Waals surface area contributed by atoms with Crippen molar-refractivity contribution in [2.75, 3.05) is 0 Å². The summed E-state index contributed by atoms with van der Waals surface area (Å²) in [6, 6.07) is 6.19.